The molecule has 0 aromatic rings. The number of carboxylic acids is 1. The summed E-state index contributed by atoms with van der Waals surface area (Å²) in [6.45, 7) is 11.2. The second kappa shape index (κ2) is 11.7. The van der Waals surface area contributed by atoms with E-state index in [1.54, 1.807) is 0 Å². The van der Waals surface area contributed by atoms with Gasteiger partial charge in [0.2, 0.25) is 0 Å². The number of esters is 1. The fourth-order valence-electron chi connectivity index (χ4n) is 0.711. The third-order valence-corrected chi connectivity index (χ3v) is 1.50. The SMILES string of the molecule is C=C(C)CCOC(C)=O.CC(C)=C=CCC(=O)O. The number of carbonyl (C=O) groups is 2. The monoisotopic (exact) mass is 254 g/mol. The number of hydrogen-bond acceptors (Lipinski definition) is 3. The normalized spacial score (nSPS) is 8.22. The van der Waals surface area contributed by atoms with Gasteiger partial charge >= 0.3 is 11.9 Å². The lowest BCUT2D eigenvalue weighted by molar-refractivity contribution is -0.141. The molecule has 0 saturated heterocycles. The van der Waals surface area contributed by atoms with Gasteiger partial charge in [-0.3, -0.25) is 9.59 Å². The summed E-state index contributed by atoms with van der Waals surface area (Å²) < 4.78 is 4.65. The smallest absolute Gasteiger partial charge is 0.307 e. The topological polar surface area (TPSA) is 63.6 Å². The molecule has 0 radical (unpaired) electrons. The lowest BCUT2D eigenvalue weighted by Crippen LogP contribution is -1.99. The molecule has 0 aromatic carbocycles. The average molecular weight is 254 g/mol. The number of carbonyl (C=O) groups excluding carboxylic acids is 1. The molecule has 0 rings (SSSR count). The summed E-state index contributed by atoms with van der Waals surface area (Å²) in [5.74, 6) is -1.04. The first kappa shape index (κ1) is 18.6. The fraction of sp³-hybridized carbons (Fsp3) is 0.500. The number of rotatable bonds is 5. The Morgan fingerprint density at radius 1 is 1.28 bits per heavy atom. The highest BCUT2D eigenvalue weighted by Gasteiger charge is 1.90. The molecule has 0 unspecified atom stereocenters. The van der Waals surface area contributed by atoms with Crippen LogP contribution in [0.2, 0.25) is 0 Å². The lowest BCUT2D eigenvalue weighted by atomic mass is 10.3. The minimum Gasteiger partial charge on any atom is -0.481 e. The van der Waals surface area contributed by atoms with Gasteiger partial charge in [0, 0.05) is 13.3 Å². The van der Waals surface area contributed by atoms with Crippen molar-refractivity contribution in [3.8, 4) is 0 Å². The van der Waals surface area contributed by atoms with Crippen molar-refractivity contribution < 1.29 is 19.4 Å². The Labute approximate surface area is 109 Å². The molecule has 0 aromatic heterocycles. The van der Waals surface area contributed by atoms with Crippen LogP contribution in [0.15, 0.2) is 29.5 Å². The van der Waals surface area contributed by atoms with Gasteiger partial charge in [0.25, 0.3) is 0 Å². The van der Waals surface area contributed by atoms with Gasteiger partial charge in [-0.15, -0.1) is 12.3 Å². The van der Waals surface area contributed by atoms with E-state index in [2.05, 4.69) is 17.0 Å². The predicted molar refractivity (Wildman–Crippen MR) is 71.3 cm³/mol. The molecule has 1 N–H and O–H groups in total. The first-order valence-electron chi connectivity index (χ1n) is 5.63. The fourth-order valence-corrected chi connectivity index (χ4v) is 0.711. The van der Waals surface area contributed by atoms with Crippen LogP contribution in [0, 0.1) is 0 Å². The van der Waals surface area contributed by atoms with E-state index < -0.39 is 5.97 Å². The molecule has 102 valence electrons. The Morgan fingerprint density at radius 2 is 1.83 bits per heavy atom. The summed E-state index contributed by atoms with van der Waals surface area (Å²) in [4.78, 5) is 20.1. The highest BCUT2D eigenvalue weighted by Crippen LogP contribution is 1.94. The second-order valence-electron chi connectivity index (χ2n) is 3.99. The molecule has 0 aliphatic heterocycles. The van der Waals surface area contributed by atoms with Crippen molar-refractivity contribution in [3.63, 3.8) is 0 Å². The summed E-state index contributed by atoms with van der Waals surface area (Å²) in [6, 6.07) is 0. The summed E-state index contributed by atoms with van der Waals surface area (Å²) in [6.07, 6.45) is 2.34. The van der Waals surface area contributed by atoms with Gasteiger partial charge < -0.3 is 9.84 Å². The number of ether oxygens (including phenoxy) is 1. The van der Waals surface area contributed by atoms with Crippen LogP contribution in [-0.4, -0.2) is 23.7 Å². The van der Waals surface area contributed by atoms with E-state index in [1.807, 2.05) is 20.8 Å². The third-order valence-electron chi connectivity index (χ3n) is 1.50. The molecule has 0 fully saturated rings. The van der Waals surface area contributed by atoms with E-state index >= 15 is 0 Å². The second-order valence-corrected chi connectivity index (χ2v) is 3.99. The molecule has 0 atom stereocenters. The van der Waals surface area contributed by atoms with Crippen LogP contribution < -0.4 is 0 Å². The van der Waals surface area contributed by atoms with Crippen molar-refractivity contribution in [1.29, 1.82) is 0 Å². The van der Waals surface area contributed by atoms with Gasteiger partial charge in [-0.2, -0.15) is 0 Å². The number of hydrogen-bond donors (Lipinski definition) is 1. The Kier molecular flexibility index (Phi) is 12.0. The molecule has 0 aliphatic rings. The maximum Gasteiger partial charge on any atom is 0.307 e. The molecular weight excluding hydrogens is 232 g/mol. The Morgan fingerprint density at radius 3 is 2.17 bits per heavy atom. The van der Waals surface area contributed by atoms with Crippen molar-refractivity contribution >= 4 is 11.9 Å². The van der Waals surface area contributed by atoms with Crippen LogP contribution in [0.5, 0.6) is 0 Å². The first-order chi connectivity index (χ1) is 8.25. The van der Waals surface area contributed by atoms with Crippen LogP contribution >= 0.6 is 0 Å². The van der Waals surface area contributed by atoms with Gasteiger partial charge in [-0.05, 0) is 32.4 Å². The largest absolute Gasteiger partial charge is 0.481 e. The zero-order chi connectivity index (χ0) is 14.6. The number of aliphatic carboxylic acids is 1. The minimum atomic E-state index is -0.816. The molecule has 0 aliphatic carbocycles. The van der Waals surface area contributed by atoms with E-state index in [4.69, 9.17) is 5.11 Å². The van der Waals surface area contributed by atoms with Crippen molar-refractivity contribution in [1.82, 2.24) is 0 Å². The minimum absolute atomic E-state index is 0.0607. The summed E-state index contributed by atoms with van der Waals surface area (Å²) >= 11 is 0. The summed E-state index contributed by atoms with van der Waals surface area (Å²) in [5, 5.41) is 8.15. The van der Waals surface area contributed by atoms with E-state index in [1.165, 1.54) is 13.0 Å². The average Bonchev–Trinajstić information content (AvgIpc) is 2.15. The van der Waals surface area contributed by atoms with Crippen LogP contribution in [0.1, 0.15) is 40.5 Å². The predicted octanol–water partition coefficient (Wildman–Crippen LogP) is 3.10. The molecule has 0 heterocycles. The zero-order valence-corrected chi connectivity index (χ0v) is 11.6. The Hall–Kier alpha value is -1.80. The van der Waals surface area contributed by atoms with Crippen LogP contribution in [0.4, 0.5) is 0 Å². The summed E-state index contributed by atoms with van der Waals surface area (Å²) in [7, 11) is 0. The van der Waals surface area contributed by atoms with Gasteiger partial charge in [0.1, 0.15) is 0 Å². The molecule has 18 heavy (non-hydrogen) atoms. The molecule has 4 heteroatoms. The van der Waals surface area contributed by atoms with Crippen molar-refractivity contribution in [2.75, 3.05) is 6.61 Å². The Balaban J connectivity index is 0. The van der Waals surface area contributed by atoms with Crippen LogP contribution in [0.25, 0.3) is 0 Å². The lowest BCUT2D eigenvalue weighted by Gasteiger charge is -1.98. The van der Waals surface area contributed by atoms with Crippen molar-refractivity contribution in [2.45, 2.75) is 40.5 Å². The molecule has 0 spiro atoms. The zero-order valence-electron chi connectivity index (χ0n) is 11.6. The van der Waals surface area contributed by atoms with E-state index in [0.717, 1.165) is 17.6 Å². The molecule has 4 nitrogen and oxygen atoms in total. The quantitative estimate of drug-likeness (QED) is 0.465. The standard InChI is InChI=1S/C7H12O2.C7H10O2/c1-6(2)4-5-9-7(3)8;1-6(2)4-3-5-7(8)9/h1,4-5H2,2-3H3;3H,5H2,1-2H3,(H,8,9). The van der Waals surface area contributed by atoms with Crippen molar-refractivity contribution in [2.24, 2.45) is 0 Å². The van der Waals surface area contributed by atoms with Gasteiger partial charge in [0.05, 0.1) is 13.0 Å². The van der Waals surface area contributed by atoms with E-state index in [-0.39, 0.29) is 12.4 Å². The van der Waals surface area contributed by atoms with Crippen LogP contribution in [0.3, 0.4) is 0 Å². The van der Waals surface area contributed by atoms with Gasteiger partial charge in [-0.25, -0.2) is 0 Å². The highest BCUT2D eigenvalue weighted by atomic mass is 16.5. The molecule has 0 saturated carbocycles. The van der Waals surface area contributed by atoms with Gasteiger partial charge in [-0.1, -0.05) is 5.57 Å². The summed E-state index contributed by atoms with van der Waals surface area (Å²) in [5.41, 5.74) is 4.82. The highest BCUT2D eigenvalue weighted by molar-refractivity contribution is 5.68. The number of carboxylic acid groups (broad SMARTS) is 1. The molecule has 0 bridgehead atoms. The maximum atomic E-state index is 10.2. The Bertz CT molecular complexity index is 329. The molecule has 0 amide bonds. The van der Waals surface area contributed by atoms with Gasteiger partial charge in [0.15, 0.2) is 0 Å². The van der Waals surface area contributed by atoms with E-state index in [9.17, 15) is 9.59 Å². The maximum absolute atomic E-state index is 10.2. The van der Waals surface area contributed by atoms with Crippen LogP contribution in [-0.2, 0) is 14.3 Å². The third kappa shape index (κ3) is 23.8. The first-order valence-corrected chi connectivity index (χ1v) is 5.63. The van der Waals surface area contributed by atoms with E-state index in [0.29, 0.717) is 6.61 Å². The molecular formula is C14H22O4. The van der Waals surface area contributed by atoms with Crippen molar-refractivity contribution in [3.05, 3.63) is 29.5 Å².